The lowest BCUT2D eigenvalue weighted by molar-refractivity contribution is 0.226. The monoisotopic (exact) mass is 319 g/mol. The van der Waals surface area contributed by atoms with Crippen LogP contribution in [0.5, 0.6) is 0 Å². The van der Waals surface area contributed by atoms with E-state index in [1.807, 2.05) is 27.7 Å². The summed E-state index contributed by atoms with van der Waals surface area (Å²) in [5.74, 6) is -1.01. The second-order valence-electron chi connectivity index (χ2n) is 5.09. The highest BCUT2D eigenvalue weighted by molar-refractivity contribution is 9.10. The van der Waals surface area contributed by atoms with Gasteiger partial charge in [-0.3, -0.25) is 0 Å². The van der Waals surface area contributed by atoms with E-state index in [1.165, 1.54) is 12.1 Å². The van der Waals surface area contributed by atoms with Crippen LogP contribution < -0.4 is 5.32 Å². The first-order valence-electron chi connectivity index (χ1n) is 6.21. The molecule has 0 spiro atoms. The van der Waals surface area contributed by atoms with E-state index < -0.39 is 11.6 Å². The number of halogens is 3. The third-order valence-electron chi connectivity index (χ3n) is 3.47. The average molecular weight is 320 g/mol. The highest BCUT2D eigenvalue weighted by Crippen LogP contribution is 2.39. The molecule has 1 aromatic rings. The van der Waals surface area contributed by atoms with Gasteiger partial charge in [0.15, 0.2) is 0 Å². The maximum atomic E-state index is 14.2. The lowest BCUT2D eigenvalue weighted by atomic mass is 9.78. The van der Waals surface area contributed by atoms with Crippen molar-refractivity contribution in [3.05, 3.63) is 33.8 Å². The summed E-state index contributed by atoms with van der Waals surface area (Å²) >= 11 is 3.12. The van der Waals surface area contributed by atoms with E-state index in [4.69, 9.17) is 0 Å². The van der Waals surface area contributed by atoms with Gasteiger partial charge < -0.3 is 5.32 Å². The molecule has 0 aliphatic rings. The molecule has 0 saturated heterocycles. The zero-order chi connectivity index (χ0) is 13.9. The molecule has 0 heterocycles. The number of hydrogen-bond donors (Lipinski definition) is 1. The van der Waals surface area contributed by atoms with Gasteiger partial charge in [0.25, 0.3) is 0 Å². The molecule has 4 heteroatoms. The predicted molar refractivity (Wildman–Crippen MR) is 74.5 cm³/mol. The van der Waals surface area contributed by atoms with E-state index >= 15 is 0 Å². The SMILES string of the molecule is CCNC(c1c(F)ccc(Br)c1F)C(C)(C)CC. The van der Waals surface area contributed by atoms with E-state index in [0.29, 0.717) is 11.0 Å². The largest absolute Gasteiger partial charge is 0.310 e. The lowest BCUT2D eigenvalue weighted by Gasteiger charge is -2.35. The Bertz CT molecular complexity index is 419. The standard InChI is InChI=1S/C14H20BrF2N/c1-5-14(3,4)13(18-6-2)11-10(16)8-7-9(15)12(11)17/h7-8,13,18H,5-6H2,1-4H3. The number of nitrogens with one attached hydrogen (secondary N) is 1. The van der Waals surface area contributed by atoms with Crippen LogP contribution in [0.3, 0.4) is 0 Å². The zero-order valence-electron chi connectivity index (χ0n) is 11.3. The molecule has 1 atom stereocenters. The molecule has 18 heavy (non-hydrogen) atoms. The first-order chi connectivity index (χ1) is 8.35. The predicted octanol–water partition coefficient (Wildman–Crippen LogP) is 4.81. The highest BCUT2D eigenvalue weighted by Gasteiger charge is 2.33. The quantitative estimate of drug-likeness (QED) is 0.768. The van der Waals surface area contributed by atoms with Crippen LogP contribution in [0.1, 0.15) is 45.7 Å². The minimum Gasteiger partial charge on any atom is -0.310 e. The minimum atomic E-state index is -0.512. The van der Waals surface area contributed by atoms with Crippen LogP contribution >= 0.6 is 15.9 Å². The van der Waals surface area contributed by atoms with Gasteiger partial charge >= 0.3 is 0 Å². The van der Waals surface area contributed by atoms with Crippen molar-refractivity contribution in [2.75, 3.05) is 6.54 Å². The summed E-state index contributed by atoms with van der Waals surface area (Å²) < 4.78 is 28.4. The van der Waals surface area contributed by atoms with Gasteiger partial charge in [-0.1, -0.05) is 27.7 Å². The van der Waals surface area contributed by atoms with Crippen molar-refractivity contribution in [2.45, 2.75) is 40.2 Å². The molecule has 1 unspecified atom stereocenters. The fraction of sp³-hybridized carbons (Fsp3) is 0.571. The number of benzene rings is 1. The second-order valence-corrected chi connectivity index (χ2v) is 5.94. The Kier molecular flexibility index (Phi) is 5.29. The first kappa shape index (κ1) is 15.6. The van der Waals surface area contributed by atoms with Gasteiger partial charge in [0.05, 0.1) is 4.47 Å². The third-order valence-corrected chi connectivity index (χ3v) is 4.08. The second kappa shape index (κ2) is 6.11. The molecular weight excluding hydrogens is 300 g/mol. The number of hydrogen-bond acceptors (Lipinski definition) is 1. The van der Waals surface area contributed by atoms with Gasteiger partial charge in [-0.2, -0.15) is 0 Å². The van der Waals surface area contributed by atoms with Gasteiger partial charge in [-0.05, 0) is 46.4 Å². The van der Waals surface area contributed by atoms with Crippen molar-refractivity contribution in [3.8, 4) is 0 Å². The van der Waals surface area contributed by atoms with Crippen LogP contribution in [-0.2, 0) is 0 Å². The van der Waals surface area contributed by atoms with Crippen molar-refractivity contribution in [1.82, 2.24) is 5.32 Å². The summed E-state index contributed by atoms with van der Waals surface area (Å²) in [6.45, 7) is 8.66. The average Bonchev–Trinajstić information content (AvgIpc) is 2.33. The zero-order valence-corrected chi connectivity index (χ0v) is 12.9. The van der Waals surface area contributed by atoms with Gasteiger partial charge in [-0.15, -0.1) is 0 Å². The van der Waals surface area contributed by atoms with Gasteiger partial charge in [-0.25, -0.2) is 8.78 Å². The first-order valence-corrected chi connectivity index (χ1v) is 7.01. The molecule has 0 aromatic heterocycles. The van der Waals surface area contributed by atoms with E-state index in [1.54, 1.807) is 0 Å². The Morgan fingerprint density at radius 2 is 1.89 bits per heavy atom. The van der Waals surface area contributed by atoms with E-state index in [0.717, 1.165) is 6.42 Å². The summed E-state index contributed by atoms with van der Waals surface area (Å²) in [6.07, 6.45) is 0.829. The van der Waals surface area contributed by atoms with Crippen LogP contribution in [0, 0.1) is 17.0 Å². The molecule has 1 aromatic carbocycles. The summed E-state index contributed by atoms with van der Waals surface area (Å²) in [4.78, 5) is 0. The van der Waals surface area contributed by atoms with E-state index in [2.05, 4.69) is 21.2 Å². The lowest BCUT2D eigenvalue weighted by Crippen LogP contribution is -2.35. The maximum Gasteiger partial charge on any atom is 0.145 e. The smallest absolute Gasteiger partial charge is 0.145 e. The molecule has 0 aliphatic heterocycles. The Hall–Kier alpha value is -0.480. The topological polar surface area (TPSA) is 12.0 Å². The van der Waals surface area contributed by atoms with Crippen LogP contribution in [0.4, 0.5) is 8.78 Å². The van der Waals surface area contributed by atoms with E-state index in [9.17, 15) is 8.78 Å². The Labute approximate surface area is 116 Å². The fourth-order valence-electron chi connectivity index (χ4n) is 1.98. The summed E-state index contributed by atoms with van der Waals surface area (Å²) in [5.41, 5.74) is -0.101. The van der Waals surface area contributed by atoms with Crippen molar-refractivity contribution < 1.29 is 8.78 Å². The minimum absolute atomic E-state index is 0.123. The molecule has 0 amide bonds. The Balaban J connectivity index is 3.34. The Morgan fingerprint density at radius 1 is 1.28 bits per heavy atom. The molecule has 0 fully saturated rings. The highest BCUT2D eigenvalue weighted by atomic mass is 79.9. The molecule has 1 rings (SSSR count). The third kappa shape index (κ3) is 3.09. The molecule has 1 nitrogen and oxygen atoms in total. The normalized spacial score (nSPS) is 13.7. The molecule has 0 bridgehead atoms. The molecule has 0 saturated carbocycles. The van der Waals surface area contributed by atoms with Crippen molar-refractivity contribution in [3.63, 3.8) is 0 Å². The maximum absolute atomic E-state index is 14.2. The molecule has 102 valence electrons. The Morgan fingerprint density at radius 3 is 2.39 bits per heavy atom. The van der Waals surface area contributed by atoms with Crippen molar-refractivity contribution >= 4 is 15.9 Å². The van der Waals surface area contributed by atoms with E-state index in [-0.39, 0.29) is 17.0 Å². The summed E-state index contributed by atoms with van der Waals surface area (Å²) in [6, 6.07) is 2.36. The molecule has 1 N–H and O–H groups in total. The van der Waals surface area contributed by atoms with Crippen LogP contribution in [0.25, 0.3) is 0 Å². The molecule has 0 radical (unpaired) electrons. The summed E-state index contributed by atoms with van der Waals surface area (Å²) in [5, 5.41) is 3.20. The van der Waals surface area contributed by atoms with Crippen LogP contribution in [-0.4, -0.2) is 6.54 Å². The van der Waals surface area contributed by atoms with Crippen molar-refractivity contribution in [2.24, 2.45) is 5.41 Å². The molecule has 0 aliphatic carbocycles. The van der Waals surface area contributed by atoms with Gasteiger partial charge in [0.2, 0.25) is 0 Å². The summed E-state index contributed by atoms with van der Waals surface area (Å²) in [7, 11) is 0. The molecular formula is C14H20BrF2N. The van der Waals surface area contributed by atoms with Gasteiger partial charge in [0.1, 0.15) is 11.6 Å². The van der Waals surface area contributed by atoms with Gasteiger partial charge in [0, 0.05) is 11.6 Å². The van der Waals surface area contributed by atoms with Crippen LogP contribution in [0.2, 0.25) is 0 Å². The van der Waals surface area contributed by atoms with Crippen LogP contribution in [0.15, 0.2) is 16.6 Å². The number of rotatable bonds is 5. The fourth-order valence-corrected chi connectivity index (χ4v) is 2.33. The van der Waals surface area contributed by atoms with Crippen molar-refractivity contribution in [1.29, 1.82) is 0 Å².